The third kappa shape index (κ3) is 2.34. The Labute approximate surface area is 105 Å². The van der Waals surface area contributed by atoms with Gasteiger partial charge in [-0.05, 0) is 24.6 Å². The second kappa shape index (κ2) is 5.81. The van der Waals surface area contributed by atoms with Gasteiger partial charge in [-0.15, -0.1) is 0 Å². The Balaban J connectivity index is 3.57. The van der Waals surface area contributed by atoms with Crippen LogP contribution in [0.1, 0.15) is 12.5 Å². The molecule has 0 saturated carbocycles. The topological polar surface area (TPSA) is 36.9 Å². The van der Waals surface area contributed by atoms with Crippen LogP contribution in [-0.2, 0) is 0 Å². The van der Waals surface area contributed by atoms with Crippen LogP contribution in [0.5, 0.6) is 23.0 Å². The molecular formula is C12H17O4Si. The van der Waals surface area contributed by atoms with Gasteiger partial charge in [0.15, 0.2) is 11.5 Å². The fourth-order valence-electron chi connectivity index (χ4n) is 1.68. The van der Waals surface area contributed by atoms with Gasteiger partial charge in [0, 0.05) is 0 Å². The minimum atomic E-state index is 0.524. The van der Waals surface area contributed by atoms with Gasteiger partial charge in [0.05, 0.1) is 38.2 Å². The zero-order chi connectivity index (χ0) is 13.0. The molecule has 0 amide bonds. The Kier molecular flexibility index (Phi) is 4.69. The average molecular weight is 253 g/mol. The summed E-state index contributed by atoms with van der Waals surface area (Å²) >= 11 is 0. The minimum Gasteiger partial charge on any atom is -0.493 e. The van der Waals surface area contributed by atoms with Gasteiger partial charge in [-0.2, -0.15) is 0 Å². The van der Waals surface area contributed by atoms with E-state index in [2.05, 4.69) is 10.2 Å². The lowest BCUT2D eigenvalue weighted by atomic mass is 10.1. The quantitative estimate of drug-likeness (QED) is 0.739. The second-order valence-electron chi connectivity index (χ2n) is 3.36. The largest absolute Gasteiger partial charge is 0.493 e. The average Bonchev–Trinajstić information content (AvgIpc) is 2.33. The van der Waals surface area contributed by atoms with Gasteiger partial charge in [-0.1, -0.05) is 0 Å². The molecule has 1 aromatic carbocycles. The lowest BCUT2D eigenvalue weighted by molar-refractivity contribution is 0.278. The Bertz CT molecular complexity index is 404. The highest BCUT2D eigenvalue weighted by Crippen LogP contribution is 2.44. The highest BCUT2D eigenvalue weighted by molar-refractivity contribution is 6.36. The molecule has 4 nitrogen and oxygen atoms in total. The van der Waals surface area contributed by atoms with Crippen molar-refractivity contribution in [3.63, 3.8) is 0 Å². The number of benzene rings is 1. The van der Waals surface area contributed by atoms with Gasteiger partial charge < -0.3 is 18.9 Å². The van der Waals surface area contributed by atoms with E-state index in [1.807, 2.05) is 13.8 Å². The summed E-state index contributed by atoms with van der Waals surface area (Å²) in [5.74, 6) is 2.34. The first kappa shape index (κ1) is 13.7. The SMILES string of the molecule is CCOc1c(OC)c(C)c([Si])c(OC)c1OC. The van der Waals surface area contributed by atoms with Gasteiger partial charge >= 0.3 is 0 Å². The molecule has 0 atom stereocenters. The minimum absolute atomic E-state index is 0.524. The molecule has 0 fully saturated rings. The first-order valence-electron chi connectivity index (χ1n) is 5.29. The summed E-state index contributed by atoms with van der Waals surface area (Å²) in [6.45, 7) is 4.35. The number of ether oxygens (including phenoxy) is 4. The van der Waals surface area contributed by atoms with Crippen LogP contribution in [0.25, 0.3) is 0 Å². The molecule has 0 aliphatic carbocycles. The van der Waals surface area contributed by atoms with Crippen LogP contribution < -0.4 is 24.1 Å². The van der Waals surface area contributed by atoms with Crippen LogP contribution in [0.4, 0.5) is 0 Å². The maximum Gasteiger partial charge on any atom is 0.207 e. The molecule has 0 N–H and O–H groups in total. The molecule has 0 heterocycles. The predicted molar refractivity (Wildman–Crippen MR) is 67.4 cm³/mol. The van der Waals surface area contributed by atoms with E-state index in [0.717, 1.165) is 10.8 Å². The van der Waals surface area contributed by atoms with Gasteiger partial charge in [0.1, 0.15) is 0 Å². The molecule has 0 aliphatic heterocycles. The van der Waals surface area contributed by atoms with Crippen molar-refractivity contribution >= 4 is 15.4 Å². The van der Waals surface area contributed by atoms with E-state index in [0.29, 0.717) is 29.6 Å². The molecule has 0 aliphatic rings. The molecular weight excluding hydrogens is 236 g/mol. The Morgan fingerprint density at radius 2 is 1.41 bits per heavy atom. The summed E-state index contributed by atoms with van der Waals surface area (Å²) in [5.41, 5.74) is 0.908. The molecule has 3 radical (unpaired) electrons. The van der Waals surface area contributed by atoms with Crippen molar-refractivity contribution in [3.8, 4) is 23.0 Å². The zero-order valence-corrected chi connectivity index (χ0v) is 11.8. The van der Waals surface area contributed by atoms with Crippen LogP contribution in [0, 0.1) is 6.92 Å². The third-order valence-corrected chi connectivity index (χ3v) is 3.06. The Hall–Kier alpha value is -1.36. The molecule has 0 unspecified atom stereocenters. The van der Waals surface area contributed by atoms with Crippen molar-refractivity contribution in [1.82, 2.24) is 0 Å². The van der Waals surface area contributed by atoms with Crippen molar-refractivity contribution in [1.29, 1.82) is 0 Å². The van der Waals surface area contributed by atoms with Gasteiger partial charge in [0.2, 0.25) is 11.5 Å². The summed E-state index contributed by atoms with van der Waals surface area (Å²) in [5, 5.41) is 0.796. The van der Waals surface area contributed by atoms with Crippen molar-refractivity contribution in [2.24, 2.45) is 0 Å². The van der Waals surface area contributed by atoms with E-state index in [1.54, 1.807) is 21.3 Å². The standard InChI is InChI=1S/C12H17O4Si/c1-6-16-10-8(13-3)7(2)12(17)11(15-5)9(10)14-4/h6H2,1-5H3. The monoisotopic (exact) mass is 253 g/mol. The fourth-order valence-corrected chi connectivity index (χ4v) is 2.00. The van der Waals surface area contributed by atoms with Crippen LogP contribution in [0.15, 0.2) is 0 Å². The molecule has 17 heavy (non-hydrogen) atoms. The Morgan fingerprint density at radius 1 is 0.882 bits per heavy atom. The predicted octanol–water partition coefficient (Wildman–Crippen LogP) is 1.21. The van der Waals surface area contributed by atoms with Gasteiger partial charge in [-0.25, -0.2) is 0 Å². The molecule has 93 valence electrons. The van der Waals surface area contributed by atoms with Crippen LogP contribution in [-0.4, -0.2) is 38.2 Å². The van der Waals surface area contributed by atoms with E-state index in [9.17, 15) is 0 Å². The Morgan fingerprint density at radius 3 is 1.82 bits per heavy atom. The maximum absolute atomic E-state index is 5.58. The molecule has 1 aromatic rings. The van der Waals surface area contributed by atoms with E-state index in [1.165, 1.54) is 0 Å². The maximum atomic E-state index is 5.58. The number of rotatable bonds is 5. The lowest BCUT2D eigenvalue weighted by Gasteiger charge is -2.20. The zero-order valence-electron chi connectivity index (χ0n) is 10.8. The molecule has 1 rings (SSSR count). The smallest absolute Gasteiger partial charge is 0.207 e. The number of hydrogen-bond acceptors (Lipinski definition) is 4. The van der Waals surface area contributed by atoms with Crippen molar-refractivity contribution in [2.75, 3.05) is 27.9 Å². The molecule has 0 bridgehead atoms. The number of hydrogen-bond donors (Lipinski definition) is 0. The van der Waals surface area contributed by atoms with Gasteiger partial charge in [-0.3, -0.25) is 0 Å². The molecule has 0 aromatic heterocycles. The normalized spacial score (nSPS) is 10.0. The van der Waals surface area contributed by atoms with Gasteiger partial charge in [0.25, 0.3) is 0 Å². The van der Waals surface area contributed by atoms with Crippen molar-refractivity contribution < 1.29 is 18.9 Å². The summed E-state index contributed by atoms with van der Waals surface area (Å²) in [6, 6.07) is 0. The van der Waals surface area contributed by atoms with E-state index < -0.39 is 0 Å². The van der Waals surface area contributed by atoms with E-state index in [-0.39, 0.29) is 0 Å². The first-order chi connectivity index (χ1) is 8.12. The fraction of sp³-hybridized carbons (Fsp3) is 0.500. The summed E-state index contributed by atoms with van der Waals surface area (Å²) in [4.78, 5) is 0. The van der Waals surface area contributed by atoms with E-state index >= 15 is 0 Å². The first-order valence-corrected chi connectivity index (χ1v) is 5.79. The van der Waals surface area contributed by atoms with E-state index in [4.69, 9.17) is 18.9 Å². The highest BCUT2D eigenvalue weighted by Gasteiger charge is 2.23. The molecule has 0 spiro atoms. The van der Waals surface area contributed by atoms with Crippen LogP contribution in [0.2, 0.25) is 0 Å². The number of methoxy groups -OCH3 is 3. The summed E-state index contributed by atoms with van der Waals surface area (Å²) in [6.07, 6.45) is 0. The van der Waals surface area contributed by atoms with Crippen molar-refractivity contribution in [3.05, 3.63) is 5.56 Å². The second-order valence-corrected chi connectivity index (χ2v) is 3.86. The molecule has 0 saturated heterocycles. The lowest BCUT2D eigenvalue weighted by Crippen LogP contribution is -2.15. The third-order valence-electron chi connectivity index (χ3n) is 2.46. The summed E-state index contributed by atoms with van der Waals surface area (Å²) in [7, 11) is 8.28. The van der Waals surface area contributed by atoms with Crippen LogP contribution >= 0.6 is 0 Å². The molecule has 5 heteroatoms. The summed E-state index contributed by atoms with van der Waals surface area (Å²) < 4.78 is 21.6. The van der Waals surface area contributed by atoms with Crippen molar-refractivity contribution in [2.45, 2.75) is 13.8 Å². The van der Waals surface area contributed by atoms with Crippen LogP contribution in [0.3, 0.4) is 0 Å². The highest BCUT2D eigenvalue weighted by atomic mass is 28.1.